The van der Waals surface area contributed by atoms with Crippen LogP contribution >= 0.6 is 11.6 Å². The van der Waals surface area contributed by atoms with Crippen molar-refractivity contribution in [1.29, 1.82) is 0 Å². The zero-order valence-electron chi connectivity index (χ0n) is 15.7. The molecule has 0 bridgehead atoms. The van der Waals surface area contributed by atoms with Gasteiger partial charge in [0.1, 0.15) is 0 Å². The Bertz CT molecular complexity index is 797. The number of nitrogens with zero attached hydrogens (tertiary/aromatic N) is 1. The third-order valence-electron chi connectivity index (χ3n) is 4.91. The van der Waals surface area contributed by atoms with Gasteiger partial charge in [0, 0.05) is 23.3 Å². The molecule has 2 aromatic carbocycles. The highest BCUT2D eigenvalue weighted by molar-refractivity contribution is 6.31. The second kappa shape index (κ2) is 9.00. The monoisotopic (exact) mass is 388 g/mol. The van der Waals surface area contributed by atoms with Crippen molar-refractivity contribution >= 4 is 23.3 Å². The molecule has 0 spiro atoms. The first-order valence-electron chi connectivity index (χ1n) is 9.18. The lowest BCUT2D eigenvalue weighted by atomic mass is 10.0. The fourth-order valence-corrected chi connectivity index (χ4v) is 3.79. The summed E-state index contributed by atoms with van der Waals surface area (Å²) >= 11 is 6.43. The number of nitrogens with one attached hydrogen (secondary N) is 1. The van der Waals surface area contributed by atoms with Gasteiger partial charge in [-0.25, -0.2) is 4.79 Å². The van der Waals surface area contributed by atoms with E-state index in [4.69, 9.17) is 21.1 Å². The minimum Gasteiger partial charge on any atom is -0.493 e. The lowest BCUT2D eigenvalue weighted by Crippen LogP contribution is -2.38. The summed E-state index contributed by atoms with van der Waals surface area (Å²) in [6.45, 7) is 0.703. The zero-order valence-corrected chi connectivity index (χ0v) is 16.5. The fraction of sp³-hybridized carbons (Fsp3) is 0.381. The van der Waals surface area contributed by atoms with E-state index in [1.54, 1.807) is 26.4 Å². The molecule has 0 aliphatic carbocycles. The highest BCUT2D eigenvalue weighted by atomic mass is 35.5. The first-order valence-corrected chi connectivity index (χ1v) is 9.56. The minimum atomic E-state index is -0.131. The van der Waals surface area contributed by atoms with Gasteiger partial charge in [0.25, 0.3) is 0 Å². The molecule has 1 saturated heterocycles. The number of benzene rings is 2. The lowest BCUT2D eigenvalue weighted by Gasteiger charge is -2.31. The number of rotatable bonds is 4. The average molecular weight is 389 g/mol. The summed E-state index contributed by atoms with van der Waals surface area (Å²) in [5.41, 5.74) is 1.67. The Hall–Kier alpha value is -2.40. The van der Waals surface area contributed by atoms with E-state index >= 15 is 0 Å². The molecule has 0 radical (unpaired) electrons. The van der Waals surface area contributed by atoms with Gasteiger partial charge in [-0.3, -0.25) is 0 Å². The third kappa shape index (κ3) is 4.48. The van der Waals surface area contributed by atoms with E-state index < -0.39 is 0 Å². The second-order valence-corrected chi connectivity index (χ2v) is 6.99. The van der Waals surface area contributed by atoms with Crippen LogP contribution in [0, 0.1) is 0 Å². The fourth-order valence-electron chi connectivity index (χ4n) is 3.53. The first kappa shape index (κ1) is 19.4. The van der Waals surface area contributed by atoms with Gasteiger partial charge in [0.2, 0.25) is 0 Å². The van der Waals surface area contributed by atoms with Crippen LogP contribution in [0.15, 0.2) is 42.5 Å². The molecule has 3 rings (SSSR count). The Morgan fingerprint density at radius 2 is 1.85 bits per heavy atom. The summed E-state index contributed by atoms with van der Waals surface area (Å²) in [5, 5.41) is 3.70. The van der Waals surface area contributed by atoms with Gasteiger partial charge in [-0.2, -0.15) is 0 Å². The van der Waals surface area contributed by atoms with Crippen LogP contribution in [-0.2, 0) is 0 Å². The molecular weight excluding hydrogens is 364 g/mol. The molecule has 1 heterocycles. The first-order chi connectivity index (χ1) is 13.1. The molecule has 1 aliphatic rings. The molecule has 0 unspecified atom stereocenters. The molecule has 1 atom stereocenters. The van der Waals surface area contributed by atoms with E-state index in [1.807, 2.05) is 35.2 Å². The van der Waals surface area contributed by atoms with Crippen LogP contribution in [0.1, 0.15) is 37.3 Å². The molecular formula is C21H25ClN2O3. The molecule has 1 N–H and O–H groups in total. The number of hydrogen-bond acceptors (Lipinski definition) is 3. The summed E-state index contributed by atoms with van der Waals surface area (Å²) < 4.78 is 10.6. The molecule has 1 fully saturated rings. The minimum absolute atomic E-state index is 0.0265. The number of likely N-dealkylation sites (tertiary alicyclic amines) is 1. The molecule has 6 heteroatoms. The highest BCUT2D eigenvalue weighted by Gasteiger charge is 2.28. The molecule has 2 aromatic rings. The van der Waals surface area contributed by atoms with Crippen molar-refractivity contribution in [3.63, 3.8) is 0 Å². The Kier molecular flexibility index (Phi) is 6.45. The molecule has 2 amide bonds. The molecule has 27 heavy (non-hydrogen) atoms. The summed E-state index contributed by atoms with van der Waals surface area (Å²) in [5.74, 6) is 1.20. The predicted molar refractivity (Wildman–Crippen MR) is 108 cm³/mol. The second-order valence-electron chi connectivity index (χ2n) is 6.58. The molecule has 144 valence electrons. The van der Waals surface area contributed by atoms with Crippen molar-refractivity contribution in [2.75, 3.05) is 26.1 Å². The molecule has 0 aromatic heterocycles. The van der Waals surface area contributed by atoms with E-state index in [0.29, 0.717) is 28.8 Å². The van der Waals surface area contributed by atoms with E-state index in [9.17, 15) is 4.79 Å². The SMILES string of the molecule is COc1ccc(NC(=O)N2CCCCC[C@@H]2c2ccccc2Cl)cc1OC. The van der Waals surface area contributed by atoms with Crippen LogP contribution in [-0.4, -0.2) is 31.7 Å². The number of urea groups is 1. The summed E-state index contributed by atoms with van der Waals surface area (Å²) in [6.07, 6.45) is 4.08. The largest absolute Gasteiger partial charge is 0.493 e. The van der Waals surface area contributed by atoms with E-state index in [1.165, 1.54) is 0 Å². The van der Waals surface area contributed by atoms with Crippen LogP contribution in [0.3, 0.4) is 0 Å². The van der Waals surface area contributed by atoms with E-state index in [0.717, 1.165) is 31.2 Å². The van der Waals surface area contributed by atoms with Crippen molar-refractivity contribution in [2.24, 2.45) is 0 Å². The molecule has 0 saturated carbocycles. The number of hydrogen-bond donors (Lipinski definition) is 1. The van der Waals surface area contributed by atoms with Gasteiger partial charge in [0.15, 0.2) is 11.5 Å². The van der Waals surface area contributed by atoms with Crippen molar-refractivity contribution in [2.45, 2.75) is 31.7 Å². The predicted octanol–water partition coefficient (Wildman–Crippen LogP) is 5.51. The van der Waals surface area contributed by atoms with Crippen molar-refractivity contribution in [3.05, 3.63) is 53.1 Å². The highest BCUT2D eigenvalue weighted by Crippen LogP contribution is 2.35. The zero-order chi connectivity index (χ0) is 19.2. The Balaban J connectivity index is 1.83. The number of ether oxygens (including phenoxy) is 2. The Morgan fingerprint density at radius 3 is 2.59 bits per heavy atom. The number of anilines is 1. The van der Waals surface area contributed by atoms with Crippen LogP contribution in [0.2, 0.25) is 5.02 Å². The van der Waals surface area contributed by atoms with E-state index in [2.05, 4.69) is 5.32 Å². The van der Waals surface area contributed by atoms with Crippen molar-refractivity contribution in [3.8, 4) is 11.5 Å². The maximum absolute atomic E-state index is 13.1. The lowest BCUT2D eigenvalue weighted by molar-refractivity contribution is 0.189. The normalized spacial score (nSPS) is 17.1. The van der Waals surface area contributed by atoms with Gasteiger partial charge in [-0.15, -0.1) is 0 Å². The van der Waals surface area contributed by atoms with Gasteiger partial charge >= 0.3 is 6.03 Å². The number of halogens is 1. The topological polar surface area (TPSA) is 50.8 Å². The molecule has 5 nitrogen and oxygen atoms in total. The van der Waals surface area contributed by atoms with Crippen LogP contribution < -0.4 is 14.8 Å². The number of carbonyl (C=O) groups is 1. The van der Waals surface area contributed by atoms with Gasteiger partial charge in [-0.1, -0.05) is 42.6 Å². The standard InChI is InChI=1S/C21H25ClN2O3/c1-26-19-12-11-15(14-20(19)27-2)23-21(25)24-13-7-3-4-10-18(24)16-8-5-6-9-17(16)22/h5-6,8-9,11-12,14,18H,3-4,7,10,13H2,1-2H3,(H,23,25)/t18-/m1/s1. The third-order valence-corrected chi connectivity index (χ3v) is 5.26. The van der Waals surface area contributed by atoms with Gasteiger partial charge in [-0.05, 0) is 36.6 Å². The van der Waals surface area contributed by atoms with E-state index in [-0.39, 0.29) is 12.1 Å². The number of amides is 2. The smallest absolute Gasteiger partial charge is 0.322 e. The maximum Gasteiger partial charge on any atom is 0.322 e. The van der Waals surface area contributed by atoms with Gasteiger partial charge < -0.3 is 19.7 Å². The number of methoxy groups -OCH3 is 2. The quantitative estimate of drug-likeness (QED) is 0.751. The molecule has 1 aliphatic heterocycles. The van der Waals surface area contributed by atoms with Crippen LogP contribution in [0.25, 0.3) is 0 Å². The van der Waals surface area contributed by atoms with Crippen LogP contribution in [0.5, 0.6) is 11.5 Å². The maximum atomic E-state index is 13.1. The number of carbonyl (C=O) groups excluding carboxylic acids is 1. The van der Waals surface area contributed by atoms with Crippen molar-refractivity contribution in [1.82, 2.24) is 4.90 Å². The Labute approximate surface area is 165 Å². The average Bonchev–Trinajstić information content (AvgIpc) is 2.94. The van der Waals surface area contributed by atoms with Crippen molar-refractivity contribution < 1.29 is 14.3 Å². The summed E-state index contributed by atoms with van der Waals surface area (Å²) in [4.78, 5) is 15.0. The van der Waals surface area contributed by atoms with Crippen LogP contribution in [0.4, 0.5) is 10.5 Å². The summed E-state index contributed by atoms with van der Waals surface area (Å²) in [6, 6.07) is 13.0. The summed E-state index contributed by atoms with van der Waals surface area (Å²) in [7, 11) is 3.16. The Morgan fingerprint density at radius 1 is 1.07 bits per heavy atom. The van der Waals surface area contributed by atoms with Gasteiger partial charge in [0.05, 0.1) is 20.3 Å².